The Morgan fingerprint density at radius 1 is 1.17 bits per heavy atom. The van der Waals surface area contributed by atoms with Gasteiger partial charge < -0.3 is 8.94 Å². The van der Waals surface area contributed by atoms with Crippen molar-refractivity contribution in [3.63, 3.8) is 0 Å². The molecule has 24 heavy (non-hydrogen) atoms. The molecule has 0 radical (unpaired) electrons. The molecule has 1 saturated heterocycles. The molecular formula is C19H21N3O2. The highest BCUT2D eigenvalue weighted by molar-refractivity contribution is 5.57. The maximum Gasteiger partial charge on any atom is 0.151 e. The molecule has 0 saturated carbocycles. The molecule has 3 aromatic heterocycles. The molecule has 0 N–H and O–H groups in total. The van der Waals surface area contributed by atoms with Gasteiger partial charge in [0.25, 0.3) is 0 Å². The largest absolute Gasteiger partial charge is 0.468 e. The normalized spacial score (nSPS) is 19.2. The molecule has 1 fully saturated rings. The third-order valence-electron chi connectivity index (χ3n) is 4.61. The number of rotatable bonds is 4. The van der Waals surface area contributed by atoms with Crippen molar-refractivity contribution < 1.29 is 8.94 Å². The summed E-state index contributed by atoms with van der Waals surface area (Å²) < 4.78 is 11.3. The second-order valence-electron chi connectivity index (χ2n) is 6.27. The van der Waals surface area contributed by atoms with Crippen LogP contribution in [0.3, 0.4) is 0 Å². The lowest BCUT2D eigenvalue weighted by Gasteiger charge is -2.27. The fourth-order valence-corrected chi connectivity index (χ4v) is 3.40. The molecule has 0 bridgehead atoms. The topological polar surface area (TPSA) is 55.3 Å². The highest BCUT2D eigenvalue weighted by atomic mass is 16.5. The third kappa shape index (κ3) is 3.26. The number of pyridine rings is 1. The minimum atomic E-state index is 0.314. The average Bonchev–Trinajstić information content (AvgIpc) is 3.26. The van der Waals surface area contributed by atoms with Gasteiger partial charge in [0.05, 0.1) is 18.8 Å². The summed E-state index contributed by atoms with van der Waals surface area (Å²) in [5.41, 5.74) is 1.81. The van der Waals surface area contributed by atoms with E-state index in [1.165, 1.54) is 19.3 Å². The number of aromatic nitrogens is 2. The van der Waals surface area contributed by atoms with E-state index in [4.69, 9.17) is 8.94 Å². The molecule has 0 amide bonds. The molecule has 1 aliphatic rings. The molecule has 0 aliphatic carbocycles. The van der Waals surface area contributed by atoms with Crippen molar-refractivity contribution in [2.24, 2.45) is 0 Å². The zero-order valence-electron chi connectivity index (χ0n) is 13.6. The molecular weight excluding hydrogens is 302 g/mol. The molecule has 1 aliphatic heterocycles. The van der Waals surface area contributed by atoms with Gasteiger partial charge in [-0.1, -0.05) is 18.0 Å². The van der Waals surface area contributed by atoms with Gasteiger partial charge in [-0.25, -0.2) is 0 Å². The Kier molecular flexibility index (Phi) is 4.42. The van der Waals surface area contributed by atoms with E-state index in [-0.39, 0.29) is 0 Å². The van der Waals surface area contributed by atoms with E-state index >= 15 is 0 Å². The van der Waals surface area contributed by atoms with Crippen molar-refractivity contribution in [1.82, 2.24) is 15.0 Å². The van der Waals surface area contributed by atoms with Crippen LogP contribution >= 0.6 is 0 Å². The maximum absolute atomic E-state index is 5.67. The number of hydrogen-bond donors (Lipinski definition) is 0. The number of furan rings is 1. The standard InChI is InChI=1S/C19H21N3O2/c1-2-7-18(19-8-5-11-23-19)22(10-3-1)14-16-12-17(21-24-16)15-6-4-9-20-13-15/h4-6,8-9,11-13,18H,1-3,7,10,14H2/t18-/m0/s1. The quantitative estimate of drug-likeness (QED) is 0.710. The van der Waals surface area contributed by atoms with Gasteiger partial charge in [-0.05, 0) is 43.7 Å². The van der Waals surface area contributed by atoms with Crippen molar-refractivity contribution in [2.45, 2.75) is 38.3 Å². The predicted molar refractivity (Wildman–Crippen MR) is 90.1 cm³/mol. The molecule has 0 spiro atoms. The summed E-state index contributed by atoms with van der Waals surface area (Å²) in [7, 11) is 0. The van der Waals surface area contributed by atoms with E-state index in [9.17, 15) is 0 Å². The van der Waals surface area contributed by atoms with Gasteiger partial charge in [-0.3, -0.25) is 9.88 Å². The third-order valence-corrected chi connectivity index (χ3v) is 4.61. The van der Waals surface area contributed by atoms with Crippen LogP contribution < -0.4 is 0 Å². The molecule has 4 rings (SSSR count). The molecule has 0 aromatic carbocycles. The SMILES string of the molecule is c1cncc(-c2cc(CN3CCCCC[C@H]3c3ccco3)on2)c1. The number of likely N-dealkylation sites (tertiary alicyclic amines) is 1. The lowest BCUT2D eigenvalue weighted by atomic mass is 10.1. The second kappa shape index (κ2) is 7.01. The Labute approximate surface area is 141 Å². The first-order valence-corrected chi connectivity index (χ1v) is 8.53. The summed E-state index contributed by atoms with van der Waals surface area (Å²) in [6.45, 7) is 1.80. The van der Waals surface area contributed by atoms with Crippen LogP contribution in [-0.4, -0.2) is 21.6 Å². The van der Waals surface area contributed by atoms with Crippen LogP contribution in [-0.2, 0) is 6.54 Å². The average molecular weight is 323 g/mol. The van der Waals surface area contributed by atoms with Crippen LogP contribution in [0.25, 0.3) is 11.3 Å². The van der Waals surface area contributed by atoms with Gasteiger partial charge in [0.1, 0.15) is 11.5 Å². The molecule has 5 heteroatoms. The molecule has 4 heterocycles. The van der Waals surface area contributed by atoms with Gasteiger partial charge >= 0.3 is 0 Å². The van der Waals surface area contributed by atoms with Crippen LogP contribution in [0, 0.1) is 0 Å². The van der Waals surface area contributed by atoms with Crippen LogP contribution in [0.1, 0.15) is 43.2 Å². The second-order valence-corrected chi connectivity index (χ2v) is 6.27. The fraction of sp³-hybridized carbons (Fsp3) is 0.368. The molecule has 124 valence electrons. The Balaban J connectivity index is 1.53. The Bertz CT molecular complexity index is 752. The highest BCUT2D eigenvalue weighted by Gasteiger charge is 2.26. The van der Waals surface area contributed by atoms with Gasteiger partial charge in [0.15, 0.2) is 5.76 Å². The van der Waals surface area contributed by atoms with Crippen molar-refractivity contribution >= 4 is 0 Å². The predicted octanol–water partition coefficient (Wildman–Crippen LogP) is 4.45. The summed E-state index contributed by atoms with van der Waals surface area (Å²) in [4.78, 5) is 6.58. The van der Waals surface area contributed by atoms with Crippen molar-refractivity contribution in [2.75, 3.05) is 6.54 Å². The van der Waals surface area contributed by atoms with E-state index in [0.717, 1.165) is 42.3 Å². The molecule has 0 unspecified atom stereocenters. The van der Waals surface area contributed by atoms with Crippen molar-refractivity contribution in [3.05, 3.63) is 60.5 Å². The summed E-state index contributed by atoms with van der Waals surface area (Å²) in [5, 5.41) is 4.20. The van der Waals surface area contributed by atoms with Crippen LogP contribution in [0.15, 0.2) is 57.9 Å². The lowest BCUT2D eigenvalue weighted by Crippen LogP contribution is -2.27. The Morgan fingerprint density at radius 2 is 2.17 bits per heavy atom. The van der Waals surface area contributed by atoms with Gasteiger partial charge in [-0.15, -0.1) is 0 Å². The van der Waals surface area contributed by atoms with Crippen LogP contribution in [0.5, 0.6) is 0 Å². The zero-order valence-corrected chi connectivity index (χ0v) is 13.6. The van der Waals surface area contributed by atoms with Crippen LogP contribution in [0.4, 0.5) is 0 Å². The molecule has 5 nitrogen and oxygen atoms in total. The molecule has 1 atom stereocenters. The number of hydrogen-bond acceptors (Lipinski definition) is 5. The monoisotopic (exact) mass is 323 g/mol. The fourth-order valence-electron chi connectivity index (χ4n) is 3.40. The first kappa shape index (κ1) is 15.1. The first-order chi connectivity index (χ1) is 11.9. The van der Waals surface area contributed by atoms with Gasteiger partial charge in [0, 0.05) is 24.0 Å². The van der Waals surface area contributed by atoms with Crippen molar-refractivity contribution in [1.29, 1.82) is 0 Å². The maximum atomic E-state index is 5.67. The Morgan fingerprint density at radius 3 is 3.00 bits per heavy atom. The lowest BCUT2D eigenvalue weighted by molar-refractivity contribution is 0.152. The summed E-state index contributed by atoms with van der Waals surface area (Å²) >= 11 is 0. The van der Waals surface area contributed by atoms with Crippen molar-refractivity contribution in [3.8, 4) is 11.3 Å². The minimum Gasteiger partial charge on any atom is -0.468 e. The number of nitrogens with zero attached hydrogens (tertiary/aromatic N) is 3. The van der Waals surface area contributed by atoms with Gasteiger partial charge in [0.2, 0.25) is 0 Å². The van der Waals surface area contributed by atoms with Crippen LogP contribution in [0.2, 0.25) is 0 Å². The summed E-state index contributed by atoms with van der Waals surface area (Å²) in [6.07, 6.45) is 10.2. The smallest absolute Gasteiger partial charge is 0.151 e. The Hall–Kier alpha value is -2.40. The summed E-state index contributed by atoms with van der Waals surface area (Å²) in [6, 6.07) is 10.3. The van der Waals surface area contributed by atoms with E-state index in [1.807, 2.05) is 24.3 Å². The zero-order chi connectivity index (χ0) is 16.2. The highest BCUT2D eigenvalue weighted by Crippen LogP contribution is 2.32. The first-order valence-electron chi connectivity index (χ1n) is 8.53. The molecule has 3 aromatic rings. The minimum absolute atomic E-state index is 0.314. The van der Waals surface area contributed by atoms with E-state index in [1.54, 1.807) is 18.7 Å². The summed E-state index contributed by atoms with van der Waals surface area (Å²) in [5.74, 6) is 1.93. The van der Waals surface area contributed by atoms with E-state index in [0.29, 0.717) is 6.04 Å². The van der Waals surface area contributed by atoms with Gasteiger partial charge in [-0.2, -0.15) is 0 Å². The van der Waals surface area contributed by atoms with E-state index in [2.05, 4.69) is 21.1 Å². The van der Waals surface area contributed by atoms with E-state index < -0.39 is 0 Å².